The monoisotopic (exact) mass is 343 g/mol. The van der Waals surface area contributed by atoms with Crippen molar-refractivity contribution in [3.05, 3.63) is 89.1 Å². The van der Waals surface area contributed by atoms with Gasteiger partial charge in [0.15, 0.2) is 5.65 Å². The van der Waals surface area contributed by atoms with Gasteiger partial charge < -0.3 is 0 Å². The number of hydrogen-bond acceptors (Lipinski definition) is 4. The lowest BCUT2D eigenvalue weighted by atomic mass is 10.0. The molecular weight excluding hydrogens is 326 g/mol. The van der Waals surface area contributed by atoms with E-state index in [1.54, 1.807) is 10.9 Å². The zero-order valence-electron chi connectivity index (χ0n) is 14.2. The number of rotatable bonds is 4. The summed E-state index contributed by atoms with van der Waals surface area (Å²) in [7, 11) is 0. The molecule has 0 spiro atoms. The van der Waals surface area contributed by atoms with E-state index in [1.807, 2.05) is 67.6 Å². The van der Waals surface area contributed by atoms with E-state index >= 15 is 0 Å². The zero-order chi connectivity index (χ0) is 17.9. The van der Waals surface area contributed by atoms with Crippen molar-refractivity contribution >= 4 is 17.2 Å². The highest BCUT2D eigenvalue weighted by molar-refractivity contribution is 5.75. The van der Waals surface area contributed by atoms with E-state index in [9.17, 15) is 4.79 Å². The highest BCUT2D eigenvalue weighted by Crippen LogP contribution is 2.14. The van der Waals surface area contributed by atoms with Crippen LogP contribution in [0, 0.1) is 0 Å². The van der Waals surface area contributed by atoms with Gasteiger partial charge in [-0.2, -0.15) is 14.9 Å². The molecule has 1 atom stereocenters. The molecule has 2 aromatic heterocycles. The summed E-state index contributed by atoms with van der Waals surface area (Å²) in [6.07, 6.45) is 4.70. The lowest BCUT2D eigenvalue weighted by molar-refractivity contribution is 0.800. The van der Waals surface area contributed by atoms with Gasteiger partial charge in [0, 0.05) is 12.1 Å². The third kappa shape index (κ3) is 2.93. The van der Waals surface area contributed by atoms with Crippen LogP contribution in [0.1, 0.15) is 18.4 Å². The Morgan fingerprint density at radius 3 is 2.46 bits per heavy atom. The standard InChI is InChI=1S/C20H17N5O/c1-15(16-8-4-2-5-9-16)12-22-24-14-21-19-18(20(24)26)13-23-25(19)17-10-6-3-7-11-17/h2-15H,1H3/b22-12-/t15-/m1/s1. The molecule has 0 aliphatic carbocycles. The average Bonchev–Trinajstić information content (AvgIpc) is 3.13. The predicted octanol–water partition coefficient (Wildman–Crippen LogP) is 3.22. The van der Waals surface area contributed by atoms with Crippen molar-refractivity contribution in [2.24, 2.45) is 5.10 Å². The third-order valence-corrected chi connectivity index (χ3v) is 4.21. The van der Waals surface area contributed by atoms with Crippen LogP contribution in [0.5, 0.6) is 0 Å². The van der Waals surface area contributed by atoms with Crippen molar-refractivity contribution in [3.63, 3.8) is 0 Å². The van der Waals surface area contributed by atoms with Gasteiger partial charge in [-0.05, 0) is 17.7 Å². The molecule has 0 bridgehead atoms. The minimum Gasteiger partial charge on any atom is -0.266 e. The minimum atomic E-state index is -0.242. The van der Waals surface area contributed by atoms with Crippen LogP contribution in [-0.2, 0) is 0 Å². The molecule has 6 nitrogen and oxygen atoms in total. The topological polar surface area (TPSA) is 65.1 Å². The fourth-order valence-electron chi connectivity index (χ4n) is 2.76. The SMILES string of the molecule is C[C@H](/C=N\n1cnc2c(cnn2-c2ccccc2)c1=O)c1ccccc1. The Morgan fingerprint density at radius 1 is 1.04 bits per heavy atom. The van der Waals surface area contributed by atoms with Gasteiger partial charge in [0.05, 0.1) is 11.9 Å². The molecule has 2 aromatic carbocycles. The Kier molecular flexibility index (Phi) is 4.15. The Labute approximate surface area is 150 Å². The number of nitrogens with zero attached hydrogens (tertiary/aromatic N) is 5. The van der Waals surface area contributed by atoms with Gasteiger partial charge >= 0.3 is 0 Å². The molecule has 4 aromatic rings. The van der Waals surface area contributed by atoms with E-state index in [-0.39, 0.29) is 11.5 Å². The van der Waals surface area contributed by atoms with Crippen LogP contribution in [0.25, 0.3) is 16.7 Å². The molecule has 26 heavy (non-hydrogen) atoms. The van der Waals surface area contributed by atoms with E-state index in [2.05, 4.69) is 15.2 Å². The maximum atomic E-state index is 12.7. The second kappa shape index (κ2) is 6.76. The van der Waals surface area contributed by atoms with Crippen LogP contribution in [0.4, 0.5) is 0 Å². The molecule has 0 aliphatic rings. The lowest BCUT2D eigenvalue weighted by Crippen LogP contribution is -2.17. The van der Waals surface area contributed by atoms with Gasteiger partial charge in [-0.3, -0.25) is 4.79 Å². The van der Waals surface area contributed by atoms with Gasteiger partial charge in [0.2, 0.25) is 0 Å². The van der Waals surface area contributed by atoms with Crippen LogP contribution < -0.4 is 5.56 Å². The number of fused-ring (bicyclic) bond motifs is 1. The highest BCUT2D eigenvalue weighted by Gasteiger charge is 2.11. The fraction of sp³-hybridized carbons (Fsp3) is 0.100. The fourth-order valence-corrected chi connectivity index (χ4v) is 2.76. The first-order valence-corrected chi connectivity index (χ1v) is 8.34. The second-order valence-corrected chi connectivity index (χ2v) is 5.99. The molecule has 0 unspecified atom stereocenters. The summed E-state index contributed by atoms with van der Waals surface area (Å²) in [5.41, 5.74) is 2.26. The van der Waals surface area contributed by atoms with Crippen LogP contribution >= 0.6 is 0 Å². The van der Waals surface area contributed by atoms with Gasteiger partial charge in [0.1, 0.15) is 11.7 Å². The van der Waals surface area contributed by atoms with Crippen molar-refractivity contribution in [1.82, 2.24) is 19.4 Å². The molecule has 0 aliphatic heterocycles. The number of benzene rings is 2. The third-order valence-electron chi connectivity index (χ3n) is 4.21. The summed E-state index contributed by atoms with van der Waals surface area (Å²) >= 11 is 0. The molecular formula is C20H17N5O. The second-order valence-electron chi connectivity index (χ2n) is 5.99. The van der Waals surface area contributed by atoms with E-state index in [4.69, 9.17) is 0 Å². The summed E-state index contributed by atoms with van der Waals surface area (Å²) in [5.74, 6) is 0.0887. The number of hydrogen-bond donors (Lipinski definition) is 0. The molecule has 0 amide bonds. The summed E-state index contributed by atoms with van der Waals surface area (Å²) < 4.78 is 2.90. The first-order valence-electron chi connectivity index (χ1n) is 8.34. The Morgan fingerprint density at radius 2 is 1.73 bits per heavy atom. The molecule has 0 N–H and O–H groups in total. The van der Waals surface area contributed by atoms with E-state index in [0.29, 0.717) is 11.0 Å². The predicted molar refractivity (Wildman–Crippen MR) is 102 cm³/mol. The number of aromatic nitrogens is 4. The molecule has 4 rings (SSSR count). The molecule has 2 heterocycles. The first-order chi connectivity index (χ1) is 12.7. The molecule has 0 radical (unpaired) electrons. The normalized spacial score (nSPS) is 12.7. The molecule has 0 saturated heterocycles. The molecule has 0 fully saturated rings. The Balaban J connectivity index is 1.69. The summed E-state index contributed by atoms with van der Waals surface area (Å²) in [4.78, 5) is 17.1. The zero-order valence-corrected chi connectivity index (χ0v) is 14.2. The quantitative estimate of drug-likeness (QED) is 0.534. The first kappa shape index (κ1) is 16.0. The average molecular weight is 343 g/mol. The Bertz CT molecular complexity index is 1110. The van der Waals surface area contributed by atoms with Crippen molar-refractivity contribution in [2.75, 3.05) is 0 Å². The summed E-state index contributed by atoms with van der Waals surface area (Å²) in [6.45, 7) is 2.03. The largest absolute Gasteiger partial charge is 0.285 e. The van der Waals surface area contributed by atoms with E-state index < -0.39 is 0 Å². The van der Waals surface area contributed by atoms with Crippen molar-refractivity contribution in [3.8, 4) is 5.69 Å². The van der Waals surface area contributed by atoms with E-state index in [1.165, 1.54) is 17.2 Å². The van der Waals surface area contributed by atoms with Gasteiger partial charge in [-0.25, -0.2) is 9.67 Å². The van der Waals surface area contributed by atoms with Crippen molar-refractivity contribution in [2.45, 2.75) is 12.8 Å². The van der Waals surface area contributed by atoms with Crippen molar-refractivity contribution < 1.29 is 0 Å². The Hall–Kier alpha value is -3.54. The van der Waals surface area contributed by atoms with Crippen LogP contribution in [-0.4, -0.2) is 25.7 Å². The molecule has 6 heteroatoms. The molecule has 128 valence electrons. The van der Waals surface area contributed by atoms with Crippen LogP contribution in [0.2, 0.25) is 0 Å². The number of para-hydroxylation sites is 1. The van der Waals surface area contributed by atoms with Crippen molar-refractivity contribution in [1.29, 1.82) is 0 Å². The summed E-state index contributed by atoms with van der Waals surface area (Å²) in [6, 6.07) is 19.6. The van der Waals surface area contributed by atoms with Gasteiger partial charge in [-0.15, -0.1) is 0 Å². The summed E-state index contributed by atoms with van der Waals surface area (Å²) in [5, 5.41) is 9.02. The maximum absolute atomic E-state index is 12.7. The van der Waals surface area contributed by atoms with Gasteiger partial charge in [0.25, 0.3) is 5.56 Å². The lowest BCUT2D eigenvalue weighted by Gasteiger charge is -2.06. The smallest absolute Gasteiger partial charge is 0.266 e. The van der Waals surface area contributed by atoms with Gasteiger partial charge in [-0.1, -0.05) is 55.5 Å². The highest BCUT2D eigenvalue weighted by atomic mass is 16.1. The van der Waals surface area contributed by atoms with E-state index in [0.717, 1.165) is 11.3 Å². The maximum Gasteiger partial charge on any atom is 0.285 e. The minimum absolute atomic E-state index is 0.0887. The molecule has 0 saturated carbocycles. The van der Waals surface area contributed by atoms with Crippen LogP contribution in [0.15, 0.2) is 83.1 Å². The van der Waals surface area contributed by atoms with Crippen LogP contribution in [0.3, 0.4) is 0 Å².